The molecule has 0 aliphatic rings. The quantitative estimate of drug-likeness (QED) is 0.244. The minimum absolute atomic E-state index is 0.305. The molecule has 0 aliphatic carbocycles. The number of hydrogen-bond donors (Lipinski definition) is 3. The lowest BCUT2D eigenvalue weighted by Gasteiger charge is -2.39. The number of esters is 1. The standard InChI is InChI=1S/C23H21F9N2O4/c1-4-38-18(36)19(37,21(24,25)26)15-9-10-16(13(3)11-15)33-20(22(27,28)29,23(30,31)32)34-17(35)14-7-5-12(2)6-8-14/h5-11,33,37H,4H2,1-3H3,(H,34,35). The Morgan fingerprint density at radius 1 is 0.842 bits per heavy atom. The number of aliphatic hydroxyl groups is 1. The zero-order valence-corrected chi connectivity index (χ0v) is 19.8. The Bertz CT molecular complexity index is 1160. The second-order valence-corrected chi connectivity index (χ2v) is 8.15. The lowest BCUT2D eigenvalue weighted by Crippen LogP contribution is -2.72. The summed E-state index contributed by atoms with van der Waals surface area (Å²) < 4.78 is 129. The SMILES string of the molecule is CCOC(=O)C(O)(c1ccc(NC(NC(=O)c2ccc(C)cc2)(C(F)(F)F)C(F)(F)F)c(C)c1)C(F)(F)F. The van der Waals surface area contributed by atoms with E-state index in [4.69, 9.17) is 0 Å². The molecule has 1 atom stereocenters. The van der Waals surface area contributed by atoms with Gasteiger partial charge in [0.2, 0.25) is 0 Å². The summed E-state index contributed by atoms with van der Waals surface area (Å²) in [6, 6.07) is 5.58. The average molecular weight is 560 g/mol. The molecule has 0 radical (unpaired) electrons. The van der Waals surface area contributed by atoms with Crippen molar-refractivity contribution in [3.63, 3.8) is 0 Å². The molecule has 0 aromatic heterocycles. The first-order valence-corrected chi connectivity index (χ1v) is 10.6. The zero-order valence-electron chi connectivity index (χ0n) is 19.8. The first-order chi connectivity index (χ1) is 17.2. The van der Waals surface area contributed by atoms with E-state index in [2.05, 4.69) is 4.74 Å². The van der Waals surface area contributed by atoms with E-state index < -0.39 is 70.7 Å². The fourth-order valence-corrected chi connectivity index (χ4v) is 3.29. The predicted molar refractivity (Wildman–Crippen MR) is 115 cm³/mol. The van der Waals surface area contributed by atoms with E-state index >= 15 is 0 Å². The number of amides is 1. The number of benzene rings is 2. The third-order valence-electron chi connectivity index (χ3n) is 5.41. The van der Waals surface area contributed by atoms with Crippen molar-refractivity contribution in [1.29, 1.82) is 0 Å². The van der Waals surface area contributed by atoms with Gasteiger partial charge in [0, 0.05) is 16.8 Å². The number of alkyl halides is 9. The van der Waals surface area contributed by atoms with Crippen LogP contribution in [-0.2, 0) is 15.1 Å². The molecular formula is C23H21F9N2O4. The van der Waals surface area contributed by atoms with E-state index in [1.54, 1.807) is 6.92 Å². The molecule has 0 saturated heterocycles. The van der Waals surface area contributed by atoms with Gasteiger partial charge < -0.3 is 20.5 Å². The molecule has 0 spiro atoms. The Kier molecular flexibility index (Phi) is 8.37. The Hall–Kier alpha value is -3.49. The maximum Gasteiger partial charge on any atom is 0.439 e. The van der Waals surface area contributed by atoms with Crippen LogP contribution < -0.4 is 10.6 Å². The van der Waals surface area contributed by atoms with Crippen LogP contribution in [0.15, 0.2) is 42.5 Å². The van der Waals surface area contributed by atoms with Crippen molar-refractivity contribution in [2.45, 2.75) is 50.6 Å². The first-order valence-electron chi connectivity index (χ1n) is 10.6. The molecule has 210 valence electrons. The van der Waals surface area contributed by atoms with Crippen LogP contribution in [0.4, 0.5) is 45.2 Å². The van der Waals surface area contributed by atoms with Crippen molar-refractivity contribution in [3.8, 4) is 0 Å². The maximum absolute atomic E-state index is 14.0. The molecule has 1 unspecified atom stereocenters. The number of carbonyl (C=O) groups excluding carboxylic acids is 2. The minimum Gasteiger partial charge on any atom is -0.463 e. The van der Waals surface area contributed by atoms with Gasteiger partial charge in [0.25, 0.3) is 11.5 Å². The first kappa shape index (κ1) is 30.7. The highest BCUT2D eigenvalue weighted by molar-refractivity contribution is 5.95. The zero-order chi connectivity index (χ0) is 29.3. The molecule has 0 saturated carbocycles. The third-order valence-corrected chi connectivity index (χ3v) is 5.41. The van der Waals surface area contributed by atoms with Crippen LogP contribution in [0.25, 0.3) is 0 Å². The molecule has 0 fully saturated rings. The molecule has 1 amide bonds. The van der Waals surface area contributed by atoms with Crippen LogP contribution in [0.1, 0.15) is 34.0 Å². The predicted octanol–water partition coefficient (Wildman–Crippen LogP) is 5.28. The van der Waals surface area contributed by atoms with E-state index in [9.17, 15) is 54.2 Å². The molecule has 0 bridgehead atoms. The van der Waals surface area contributed by atoms with Crippen molar-refractivity contribution < 1.29 is 58.9 Å². The summed E-state index contributed by atoms with van der Waals surface area (Å²) in [7, 11) is 0. The fourth-order valence-electron chi connectivity index (χ4n) is 3.29. The number of anilines is 1. The van der Waals surface area contributed by atoms with Crippen LogP contribution in [-0.4, -0.2) is 47.8 Å². The van der Waals surface area contributed by atoms with Gasteiger partial charge >= 0.3 is 30.2 Å². The Morgan fingerprint density at radius 2 is 1.37 bits per heavy atom. The number of rotatable bonds is 7. The molecule has 3 N–H and O–H groups in total. The summed E-state index contributed by atoms with van der Waals surface area (Å²) in [5.41, 5.74) is -12.2. The molecule has 38 heavy (non-hydrogen) atoms. The van der Waals surface area contributed by atoms with Gasteiger partial charge in [-0.3, -0.25) is 4.79 Å². The highest BCUT2D eigenvalue weighted by atomic mass is 19.4. The van der Waals surface area contributed by atoms with Crippen LogP contribution >= 0.6 is 0 Å². The number of carbonyl (C=O) groups is 2. The van der Waals surface area contributed by atoms with Crippen molar-refractivity contribution in [3.05, 3.63) is 64.7 Å². The molecule has 2 aromatic carbocycles. The maximum atomic E-state index is 14.0. The van der Waals surface area contributed by atoms with Crippen molar-refractivity contribution in [2.75, 3.05) is 11.9 Å². The number of halogens is 9. The topological polar surface area (TPSA) is 87.7 Å². The van der Waals surface area contributed by atoms with Gasteiger partial charge in [0.1, 0.15) is 0 Å². The monoisotopic (exact) mass is 560 g/mol. The van der Waals surface area contributed by atoms with Gasteiger partial charge in [-0.2, -0.15) is 39.5 Å². The lowest BCUT2D eigenvalue weighted by molar-refractivity contribution is -0.294. The Morgan fingerprint density at radius 3 is 1.79 bits per heavy atom. The van der Waals surface area contributed by atoms with E-state index in [1.807, 2.05) is 0 Å². The molecule has 15 heteroatoms. The number of hydrogen-bond acceptors (Lipinski definition) is 5. The molecule has 6 nitrogen and oxygen atoms in total. The third kappa shape index (κ3) is 5.66. The number of nitrogens with one attached hydrogen (secondary N) is 2. The minimum atomic E-state index is -6.21. The lowest BCUT2D eigenvalue weighted by atomic mass is 9.91. The molecular weight excluding hydrogens is 539 g/mol. The van der Waals surface area contributed by atoms with Gasteiger partial charge in [0.05, 0.1) is 6.61 Å². The summed E-state index contributed by atoms with van der Waals surface area (Å²) in [4.78, 5) is 24.3. The second kappa shape index (κ2) is 10.3. The molecule has 0 heterocycles. The molecule has 2 aromatic rings. The average Bonchev–Trinajstić information content (AvgIpc) is 2.77. The van der Waals surface area contributed by atoms with Gasteiger partial charge in [-0.25, -0.2) is 4.79 Å². The van der Waals surface area contributed by atoms with Crippen molar-refractivity contribution in [2.24, 2.45) is 0 Å². The molecule has 0 aliphatic heterocycles. The van der Waals surface area contributed by atoms with E-state index in [-0.39, 0.29) is 0 Å². The number of ether oxygens (including phenoxy) is 1. The van der Waals surface area contributed by atoms with Crippen LogP contribution in [0.2, 0.25) is 0 Å². The fraction of sp³-hybridized carbons (Fsp3) is 0.391. The van der Waals surface area contributed by atoms with Gasteiger partial charge in [-0.1, -0.05) is 29.8 Å². The van der Waals surface area contributed by atoms with Crippen LogP contribution in [0, 0.1) is 13.8 Å². The summed E-state index contributed by atoms with van der Waals surface area (Å²) in [5, 5.41) is 12.2. The summed E-state index contributed by atoms with van der Waals surface area (Å²) in [5.74, 6) is -3.91. The normalized spacial score (nSPS) is 14.4. The van der Waals surface area contributed by atoms with E-state index in [1.165, 1.54) is 12.1 Å². The van der Waals surface area contributed by atoms with Gasteiger partial charge in [-0.05, 0) is 44.5 Å². The van der Waals surface area contributed by atoms with E-state index in [0.717, 1.165) is 36.6 Å². The summed E-state index contributed by atoms with van der Waals surface area (Å²) in [6.07, 6.45) is -18.1. The highest BCUT2D eigenvalue weighted by Crippen LogP contribution is 2.45. The second-order valence-electron chi connectivity index (χ2n) is 8.15. The van der Waals surface area contributed by atoms with Gasteiger partial charge in [0.15, 0.2) is 0 Å². The van der Waals surface area contributed by atoms with Crippen LogP contribution in [0.5, 0.6) is 0 Å². The largest absolute Gasteiger partial charge is 0.463 e. The smallest absolute Gasteiger partial charge is 0.439 e. The van der Waals surface area contributed by atoms with Crippen molar-refractivity contribution in [1.82, 2.24) is 5.32 Å². The van der Waals surface area contributed by atoms with E-state index in [0.29, 0.717) is 23.8 Å². The highest BCUT2D eigenvalue weighted by Gasteiger charge is 2.73. The Labute approximate surface area is 209 Å². The summed E-state index contributed by atoms with van der Waals surface area (Å²) in [6.45, 7) is 2.96. The number of aryl methyl sites for hydroxylation is 2. The van der Waals surface area contributed by atoms with Gasteiger partial charge in [-0.15, -0.1) is 0 Å². The van der Waals surface area contributed by atoms with Crippen LogP contribution in [0.3, 0.4) is 0 Å². The summed E-state index contributed by atoms with van der Waals surface area (Å²) >= 11 is 0. The van der Waals surface area contributed by atoms with Crippen molar-refractivity contribution >= 4 is 17.6 Å². The molecule has 2 rings (SSSR count). The Balaban J connectivity index is 2.63.